The van der Waals surface area contributed by atoms with Crippen LogP contribution in [0.1, 0.15) is 30.9 Å². The van der Waals surface area contributed by atoms with Crippen LogP contribution in [0.15, 0.2) is 30.3 Å². The van der Waals surface area contributed by atoms with Gasteiger partial charge in [-0.05, 0) is 24.9 Å². The Morgan fingerprint density at radius 2 is 2.11 bits per heavy atom. The second-order valence-corrected chi connectivity index (χ2v) is 4.86. The highest BCUT2D eigenvalue weighted by Gasteiger charge is 2.24. The zero-order valence-electron chi connectivity index (χ0n) is 11.3. The predicted molar refractivity (Wildman–Crippen MR) is 74.6 cm³/mol. The average Bonchev–Trinajstić information content (AvgIpc) is 2.48. The van der Waals surface area contributed by atoms with E-state index in [1.807, 2.05) is 35.2 Å². The van der Waals surface area contributed by atoms with E-state index in [1.165, 1.54) is 0 Å². The second kappa shape index (κ2) is 7.26. The molecule has 19 heavy (non-hydrogen) atoms. The largest absolute Gasteiger partial charge is 0.370 e. The SMILES string of the molecule is NCCCCC(=O)N1CCOC(c2ccccc2)C1. The zero-order chi connectivity index (χ0) is 13.5. The number of hydrogen-bond donors (Lipinski definition) is 1. The molecule has 1 unspecified atom stereocenters. The van der Waals surface area contributed by atoms with E-state index < -0.39 is 0 Å². The fourth-order valence-electron chi connectivity index (χ4n) is 2.32. The smallest absolute Gasteiger partial charge is 0.222 e. The van der Waals surface area contributed by atoms with Crippen LogP contribution in [-0.2, 0) is 9.53 Å². The molecule has 0 radical (unpaired) electrons. The van der Waals surface area contributed by atoms with Gasteiger partial charge in [-0.3, -0.25) is 4.79 Å². The van der Waals surface area contributed by atoms with Gasteiger partial charge in [-0.1, -0.05) is 30.3 Å². The maximum absolute atomic E-state index is 12.1. The number of carbonyl (C=O) groups is 1. The van der Waals surface area contributed by atoms with Gasteiger partial charge in [0, 0.05) is 13.0 Å². The Hall–Kier alpha value is -1.39. The summed E-state index contributed by atoms with van der Waals surface area (Å²) in [5, 5.41) is 0. The Labute approximate surface area is 114 Å². The lowest BCUT2D eigenvalue weighted by Gasteiger charge is -2.33. The molecular weight excluding hydrogens is 240 g/mol. The van der Waals surface area contributed by atoms with Crippen molar-refractivity contribution in [1.82, 2.24) is 4.90 Å². The van der Waals surface area contributed by atoms with Crippen molar-refractivity contribution >= 4 is 5.91 Å². The minimum absolute atomic E-state index is 0.00779. The lowest BCUT2D eigenvalue weighted by Crippen LogP contribution is -2.42. The highest BCUT2D eigenvalue weighted by molar-refractivity contribution is 5.76. The van der Waals surface area contributed by atoms with Gasteiger partial charge < -0.3 is 15.4 Å². The number of unbranched alkanes of at least 4 members (excludes halogenated alkanes) is 1. The summed E-state index contributed by atoms with van der Waals surface area (Å²) >= 11 is 0. The summed E-state index contributed by atoms with van der Waals surface area (Å²) in [5.74, 6) is 0.220. The van der Waals surface area contributed by atoms with E-state index in [9.17, 15) is 4.79 Å². The third-order valence-electron chi connectivity index (χ3n) is 3.44. The second-order valence-electron chi connectivity index (χ2n) is 4.86. The van der Waals surface area contributed by atoms with E-state index in [1.54, 1.807) is 0 Å². The molecule has 1 aromatic rings. The molecule has 2 rings (SSSR count). The van der Waals surface area contributed by atoms with Crippen LogP contribution in [0.4, 0.5) is 0 Å². The molecule has 1 heterocycles. The minimum Gasteiger partial charge on any atom is -0.370 e. The van der Waals surface area contributed by atoms with Crippen LogP contribution in [0.3, 0.4) is 0 Å². The standard InChI is InChI=1S/C15H22N2O2/c16-9-5-4-8-15(18)17-10-11-19-14(12-17)13-6-2-1-3-7-13/h1-3,6-7,14H,4-5,8-12,16H2. The molecule has 104 valence electrons. The fraction of sp³-hybridized carbons (Fsp3) is 0.533. The monoisotopic (exact) mass is 262 g/mol. The summed E-state index contributed by atoms with van der Waals surface area (Å²) in [6, 6.07) is 10.1. The van der Waals surface area contributed by atoms with E-state index in [-0.39, 0.29) is 12.0 Å². The number of ether oxygens (including phenoxy) is 1. The van der Waals surface area contributed by atoms with Crippen LogP contribution in [-0.4, -0.2) is 37.0 Å². The molecule has 2 N–H and O–H groups in total. The number of benzene rings is 1. The van der Waals surface area contributed by atoms with E-state index >= 15 is 0 Å². The summed E-state index contributed by atoms with van der Waals surface area (Å²) in [7, 11) is 0. The molecule has 1 atom stereocenters. The van der Waals surface area contributed by atoms with Gasteiger partial charge in [-0.15, -0.1) is 0 Å². The number of nitrogens with zero attached hydrogens (tertiary/aromatic N) is 1. The molecule has 1 fully saturated rings. The van der Waals surface area contributed by atoms with Crippen LogP contribution in [0.2, 0.25) is 0 Å². The molecule has 0 aromatic heterocycles. The highest BCUT2D eigenvalue weighted by Crippen LogP contribution is 2.22. The van der Waals surface area contributed by atoms with Crippen molar-refractivity contribution in [3.8, 4) is 0 Å². The molecule has 1 aromatic carbocycles. The van der Waals surface area contributed by atoms with E-state index in [4.69, 9.17) is 10.5 Å². The quantitative estimate of drug-likeness (QED) is 0.822. The molecule has 0 spiro atoms. The first-order chi connectivity index (χ1) is 9.31. The Morgan fingerprint density at radius 1 is 1.32 bits per heavy atom. The van der Waals surface area contributed by atoms with Crippen molar-refractivity contribution < 1.29 is 9.53 Å². The molecule has 4 heteroatoms. The minimum atomic E-state index is 0.00779. The highest BCUT2D eigenvalue weighted by atomic mass is 16.5. The Bertz CT molecular complexity index is 394. The molecule has 1 saturated heterocycles. The van der Waals surface area contributed by atoms with Gasteiger partial charge >= 0.3 is 0 Å². The summed E-state index contributed by atoms with van der Waals surface area (Å²) in [6.07, 6.45) is 2.40. The van der Waals surface area contributed by atoms with Crippen molar-refractivity contribution in [3.05, 3.63) is 35.9 Å². The summed E-state index contributed by atoms with van der Waals surface area (Å²) in [6.45, 7) is 2.63. The van der Waals surface area contributed by atoms with Gasteiger partial charge in [0.25, 0.3) is 0 Å². The van der Waals surface area contributed by atoms with E-state index in [0.29, 0.717) is 32.7 Å². The van der Waals surface area contributed by atoms with Crippen LogP contribution in [0.25, 0.3) is 0 Å². The van der Waals surface area contributed by atoms with Crippen molar-refractivity contribution in [2.45, 2.75) is 25.4 Å². The van der Waals surface area contributed by atoms with Crippen LogP contribution < -0.4 is 5.73 Å². The number of rotatable bonds is 5. The maximum Gasteiger partial charge on any atom is 0.222 e. The van der Waals surface area contributed by atoms with Gasteiger partial charge in [0.05, 0.1) is 13.2 Å². The average molecular weight is 262 g/mol. The molecule has 1 amide bonds. The van der Waals surface area contributed by atoms with Gasteiger partial charge in [-0.2, -0.15) is 0 Å². The molecule has 1 aliphatic rings. The number of nitrogens with two attached hydrogens (primary N) is 1. The molecule has 1 aliphatic heterocycles. The third-order valence-corrected chi connectivity index (χ3v) is 3.44. The summed E-state index contributed by atoms with van der Waals surface area (Å²) < 4.78 is 5.76. The maximum atomic E-state index is 12.1. The molecule has 0 bridgehead atoms. The van der Waals surface area contributed by atoms with Crippen LogP contribution in [0.5, 0.6) is 0 Å². The van der Waals surface area contributed by atoms with Crippen molar-refractivity contribution in [3.63, 3.8) is 0 Å². The van der Waals surface area contributed by atoms with Crippen molar-refractivity contribution in [2.24, 2.45) is 5.73 Å². The van der Waals surface area contributed by atoms with Gasteiger partial charge in [-0.25, -0.2) is 0 Å². The normalized spacial score (nSPS) is 19.4. The van der Waals surface area contributed by atoms with Crippen LogP contribution >= 0.6 is 0 Å². The number of morpholine rings is 1. The van der Waals surface area contributed by atoms with Crippen molar-refractivity contribution in [1.29, 1.82) is 0 Å². The zero-order valence-corrected chi connectivity index (χ0v) is 11.3. The Balaban J connectivity index is 1.88. The van der Waals surface area contributed by atoms with Crippen LogP contribution in [0, 0.1) is 0 Å². The molecular formula is C15H22N2O2. The Kier molecular flexibility index (Phi) is 5.36. The fourth-order valence-corrected chi connectivity index (χ4v) is 2.32. The summed E-state index contributed by atoms with van der Waals surface area (Å²) in [4.78, 5) is 14.0. The van der Waals surface area contributed by atoms with E-state index in [0.717, 1.165) is 18.4 Å². The first-order valence-electron chi connectivity index (χ1n) is 6.95. The Morgan fingerprint density at radius 3 is 2.84 bits per heavy atom. The number of hydrogen-bond acceptors (Lipinski definition) is 3. The molecule has 4 nitrogen and oxygen atoms in total. The lowest BCUT2D eigenvalue weighted by molar-refractivity contribution is -0.139. The van der Waals surface area contributed by atoms with Gasteiger partial charge in [0.1, 0.15) is 6.10 Å². The van der Waals surface area contributed by atoms with E-state index in [2.05, 4.69) is 0 Å². The van der Waals surface area contributed by atoms with Gasteiger partial charge in [0.15, 0.2) is 0 Å². The third kappa shape index (κ3) is 4.04. The van der Waals surface area contributed by atoms with Gasteiger partial charge in [0.2, 0.25) is 5.91 Å². The molecule has 0 saturated carbocycles. The predicted octanol–water partition coefficient (Wildman–Crippen LogP) is 1.72. The topological polar surface area (TPSA) is 55.6 Å². The first kappa shape index (κ1) is 14.0. The number of carbonyl (C=O) groups excluding carboxylic acids is 1. The first-order valence-corrected chi connectivity index (χ1v) is 6.95. The lowest BCUT2D eigenvalue weighted by atomic mass is 10.1. The number of amides is 1. The molecule has 0 aliphatic carbocycles. The summed E-state index contributed by atoms with van der Waals surface area (Å²) in [5.41, 5.74) is 6.59. The van der Waals surface area contributed by atoms with Crippen molar-refractivity contribution in [2.75, 3.05) is 26.2 Å².